The van der Waals surface area contributed by atoms with E-state index in [4.69, 9.17) is 28.8 Å². The van der Waals surface area contributed by atoms with Crippen molar-refractivity contribution in [3.05, 3.63) is 120 Å². The highest BCUT2D eigenvalue weighted by molar-refractivity contribution is 6.62. The summed E-state index contributed by atoms with van der Waals surface area (Å²) < 4.78 is 52.0. The summed E-state index contributed by atoms with van der Waals surface area (Å²) in [6, 6.07) is 29.6. The fraction of sp³-hybridized carbons (Fsp3) is 0.400. The van der Waals surface area contributed by atoms with Crippen molar-refractivity contribution in [1.82, 2.24) is 9.80 Å². The van der Waals surface area contributed by atoms with Crippen molar-refractivity contribution in [2.75, 3.05) is 41.4 Å². The van der Waals surface area contributed by atoms with Gasteiger partial charge in [0.05, 0.1) is 11.2 Å². The van der Waals surface area contributed by atoms with Gasteiger partial charge in [-0.05, 0) is 92.0 Å². The second kappa shape index (κ2) is 18.3. The molecule has 12 heteroatoms. The van der Waals surface area contributed by atoms with Crippen molar-refractivity contribution in [2.45, 2.75) is 63.8 Å². The molecule has 8 nitrogen and oxygen atoms in total. The van der Waals surface area contributed by atoms with Crippen LogP contribution in [0.3, 0.4) is 0 Å². The molecule has 0 bridgehead atoms. The highest BCUT2D eigenvalue weighted by atomic mass is 19.1. The molecule has 0 amide bonds. The van der Waals surface area contributed by atoms with E-state index in [2.05, 4.69) is 34.1 Å². The number of benzene rings is 4. The third-order valence-corrected chi connectivity index (χ3v) is 9.70. The SMILES string of the molecule is CN(C)[C@@H](COc1ccc(B(O)O)c(F)c1)Cc1ccccc1.CN(C)[C@@H](COc1ccc(B2OC(C)(C)C(C)(C)O2)c(F)c1)Cc1ccccc1. The molecule has 0 spiro atoms. The Morgan fingerprint density at radius 1 is 0.654 bits per heavy atom. The molecular weight excluding hydrogens is 664 g/mol. The molecule has 1 fully saturated rings. The Morgan fingerprint density at radius 2 is 1.08 bits per heavy atom. The van der Waals surface area contributed by atoms with Crippen LogP contribution in [-0.4, -0.2) is 98.8 Å². The smallest absolute Gasteiger partial charge is 0.492 e. The quantitative estimate of drug-likeness (QED) is 0.182. The number of rotatable bonds is 14. The Balaban J connectivity index is 0.000000239. The summed E-state index contributed by atoms with van der Waals surface area (Å²) in [7, 11) is 5.46. The number of hydrogen-bond donors (Lipinski definition) is 2. The van der Waals surface area contributed by atoms with Crippen molar-refractivity contribution in [3.63, 3.8) is 0 Å². The summed E-state index contributed by atoms with van der Waals surface area (Å²) in [4.78, 5) is 4.19. The molecule has 0 radical (unpaired) electrons. The van der Waals surface area contributed by atoms with Crippen LogP contribution in [-0.2, 0) is 22.2 Å². The Kier molecular flexibility index (Phi) is 14.4. The molecule has 0 aromatic heterocycles. The summed E-state index contributed by atoms with van der Waals surface area (Å²) in [6.45, 7) is 8.69. The van der Waals surface area contributed by atoms with Gasteiger partial charge in [0, 0.05) is 35.1 Å². The van der Waals surface area contributed by atoms with Crippen molar-refractivity contribution in [1.29, 1.82) is 0 Å². The molecule has 1 heterocycles. The van der Waals surface area contributed by atoms with Crippen LogP contribution in [0.5, 0.6) is 11.5 Å². The van der Waals surface area contributed by atoms with Crippen molar-refractivity contribution in [3.8, 4) is 11.5 Å². The van der Waals surface area contributed by atoms with Gasteiger partial charge in [-0.25, -0.2) is 8.78 Å². The maximum Gasteiger partial charge on any atom is 0.497 e. The van der Waals surface area contributed by atoms with Crippen LogP contribution >= 0.6 is 0 Å². The lowest BCUT2D eigenvalue weighted by atomic mass is 9.78. The van der Waals surface area contributed by atoms with Gasteiger partial charge < -0.3 is 38.6 Å². The van der Waals surface area contributed by atoms with E-state index in [0.29, 0.717) is 30.2 Å². The van der Waals surface area contributed by atoms with Gasteiger partial charge in [-0.15, -0.1) is 0 Å². The summed E-state index contributed by atoms with van der Waals surface area (Å²) >= 11 is 0. The van der Waals surface area contributed by atoms with Gasteiger partial charge in [0.1, 0.15) is 36.3 Å². The van der Waals surface area contributed by atoms with E-state index in [9.17, 15) is 8.78 Å². The Morgan fingerprint density at radius 3 is 1.46 bits per heavy atom. The van der Waals surface area contributed by atoms with E-state index in [1.807, 2.05) is 92.3 Å². The highest BCUT2D eigenvalue weighted by Crippen LogP contribution is 2.36. The number of ether oxygens (including phenoxy) is 2. The molecule has 278 valence electrons. The fourth-order valence-corrected chi connectivity index (χ4v) is 5.50. The summed E-state index contributed by atoms with van der Waals surface area (Å²) in [5.74, 6) is -0.207. The first-order valence-electron chi connectivity index (χ1n) is 17.5. The molecule has 4 aromatic rings. The van der Waals surface area contributed by atoms with E-state index in [1.165, 1.54) is 35.4 Å². The molecule has 52 heavy (non-hydrogen) atoms. The molecule has 0 aliphatic carbocycles. The minimum absolute atomic E-state index is 0.142. The molecule has 2 atom stereocenters. The molecule has 4 aromatic carbocycles. The van der Waals surface area contributed by atoms with Crippen LogP contribution in [0.4, 0.5) is 8.78 Å². The van der Waals surface area contributed by atoms with Crippen molar-refractivity contribution >= 4 is 25.2 Å². The monoisotopic (exact) mass is 716 g/mol. The Labute approximate surface area is 308 Å². The second-order valence-corrected chi connectivity index (χ2v) is 14.6. The van der Waals surface area contributed by atoms with Crippen molar-refractivity contribution in [2.24, 2.45) is 0 Å². The fourth-order valence-electron chi connectivity index (χ4n) is 5.50. The predicted molar refractivity (Wildman–Crippen MR) is 205 cm³/mol. The first-order valence-corrected chi connectivity index (χ1v) is 17.5. The van der Waals surface area contributed by atoms with Gasteiger partial charge in [-0.3, -0.25) is 0 Å². The topological polar surface area (TPSA) is 83.9 Å². The van der Waals surface area contributed by atoms with E-state index < -0.39 is 31.3 Å². The van der Waals surface area contributed by atoms with E-state index >= 15 is 0 Å². The van der Waals surface area contributed by atoms with Crippen LogP contribution in [0.15, 0.2) is 97.1 Å². The van der Waals surface area contributed by atoms with Gasteiger partial charge in [-0.2, -0.15) is 0 Å². The Bertz CT molecular complexity index is 1680. The van der Waals surface area contributed by atoms with E-state index in [0.717, 1.165) is 12.8 Å². The van der Waals surface area contributed by atoms with Crippen LogP contribution < -0.4 is 20.4 Å². The standard InChI is InChI=1S/C23H31BFNO3.C17H21BFNO3/c1-22(2)23(3,4)29-24(28-22)20-13-12-19(15-21(20)25)27-16-18(26(5)6)14-17-10-8-7-9-11-17;1-20(2)14(10-13-6-4-3-5-7-13)12-23-15-8-9-16(18(21)22)17(19)11-15/h7-13,15,18H,14,16H2,1-6H3;3-9,11,14,21-22H,10,12H2,1-2H3/t18-;14-/m11/s1. The van der Waals surface area contributed by atoms with Gasteiger partial charge in [0.25, 0.3) is 0 Å². The number of halogens is 2. The van der Waals surface area contributed by atoms with Gasteiger partial charge in [-0.1, -0.05) is 72.8 Å². The first kappa shape index (κ1) is 41.0. The molecular formula is C40H52B2F2N2O6. The first-order chi connectivity index (χ1) is 24.6. The van der Waals surface area contributed by atoms with Gasteiger partial charge >= 0.3 is 14.2 Å². The average molecular weight is 716 g/mol. The zero-order chi connectivity index (χ0) is 38.1. The summed E-state index contributed by atoms with van der Waals surface area (Å²) in [5, 5.41) is 18.0. The minimum atomic E-state index is -1.82. The normalized spacial score (nSPS) is 15.9. The number of hydrogen-bond acceptors (Lipinski definition) is 8. The summed E-state index contributed by atoms with van der Waals surface area (Å²) in [5.41, 5.74) is 1.68. The van der Waals surface area contributed by atoms with E-state index in [-0.39, 0.29) is 23.4 Å². The van der Waals surface area contributed by atoms with Crippen LogP contribution in [0.2, 0.25) is 0 Å². The zero-order valence-electron chi connectivity index (χ0n) is 31.6. The molecule has 1 saturated heterocycles. The number of likely N-dealkylation sites (N-methyl/N-ethyl adjacent to an activating group) is 2. The van der Waals surface area contributed by atoms with E-state index in [1.54, 1.807) is 12.1 Å². The molecule has 0 unspecified atom stereocenters. The lowest BCUT2D eigenvalue weighted by Crippen LogP contribution is -2.41. The van der Waals surface area contributed by atoms with Crippen molar-refractivity contribution < 1.29 is 37.6 Å². The second-order valence-electron chi connectivity index (χ2n) is 14.6. The minimum Gasteiger partial charge on any atom is -0.492 e. The van der Waals surface area contributed by atoms with Crippen LogP contribution in [0, 0.1) is 11.6 Å². The van der Waals surface area contributed by atoms with Crippen LogP contribution in [0.1, 0.15) is 38.8 Å². The molecule has 1 aliphatic rings. The molecule has 2 N–H and O–H groups in total. The summed E-state index contributed by atoms with van der Waals surface area (Å²) in [6.07, 6.45) is 1.69. The molecule has 0 saturated carbocycles. The molecule has 1 aliphatic heterocycles. The largest absolute Gasteiger partial charge is 0.497 e. The predicted octanol–water partition coefficient (Wildman–Crippen LogP) is 4.73. The highest BCUT2D eigenvalue weighted by Gasteiger charge is 2.52. The third kappa shape index (κ3) is 11.4. The number of nitrogens with zero attached hydrogens (tertiary/aromatic N) is 2. The lowest BCUT2D eigenvalue weighted by Gasteiger charge is -2.32. The van der Waals surface area contributed by atoms with Gasteiger partial charge in [0.2, 0.25) is 0 Å². The zero-order valence-corrected chi connectivity index (χ0v) is 31.6. The third-order valence-electron chi connectivity index (χ3n) is 9.70. The maximum absolute atomic E-state index is 14.8. The van der Waals surface area contributed by atoms with Gasteiger partial charge in [0.15, 0.2) is 0 Å². The average Bonchev–Trinajstić information content (AvgIpc) is 3.31. The maximum atomic E-state index is 14.8. The van der Waals surface area contributed by atoms with Crippen LogP contribution in [0.25, 0.3) is 0 Å². The Hall–Kier alpha value is -3.77. The lowest BCUT2D eigenvalue weighted by molar-refractivity contribution is 0.00578. The molecule has 5 rings (SSSR count).